The minimum atomic E-state index is -0.142. The second-order valence-electron chi connectivity index (χ2n) is 3.62. The number of phenolic OH excluding ortho intramolecular Hbond substituents is 1. The molecule has 0 amide bonds. The minimum Gasteiger partial charge on any atom is -0.504 e. The number of aliphatic hydroxyl groups excluding tert-OH is 1. The quantitative estimate of drug-likeness (QED) is 0.685. The molecule has 3 N–H and O–H groups in total. The van der Waals surface area contributed by atoms with Crippen molar-refractivity contribution in [3.05, 3.63) is 23.8 Å². The highest BCUT2D eigenvalue weighted by Crippen LogP contribution is 2.28. The van der Waals surface area contributed by atoms with Crippen LogP contribution in [0.5, 0.6) is 11.5 Å². The highest BCUT2D eigenvalue weighted by molar-refractivity contribution is 5.42. The maximum atomic E-state index is 9.63. The van der Waals surface area contributed by atoms with Crippen LogP contribution in [-0.4, -0.2) is 30.5 Å². The molecule has 0 radical (unpaired) electrons. The zero-order valence-corrected chi connectivity index (χ0v) is 9.73. The lowest BCUT2D eigenvalue weighted by atomic mass is 10.1. The number of rotatable bonds is 6. The second kappa shape index (κ2) is 6.35. The van der Waals surface area contributed by atoms with Crippen molar-refractivity contribution in [3.63, 3.8) is 0 Å². The van der Waals surface area contributed by atoms with Gasteiger partial charge in [-0.05, 0) is 30.7 Å². The third-order valence-corrected chi connectivity index (χ3v) is 2.43. The van der Waals surface area contributed by atoms with Crippen LogP contribution in [0.15, 0.2) is 18.2 Å². The van der Waals surface area contributed by atoms with Crippen molar-refractivity contribution in [1.29, 1.82) is 0 Å². The van der Waals surface area contributed by atoms with Gasteiger partial charge in [-0.2, -0.15) is 0 Å². The van der Waals surface area contributed by atoms with E-state index in [2.05, 4.69) is 12.2 Å². The van der Waals surface area contributed by atoms with Crippen molar-refractivity contribution >= 4 is 0 Å². The summed E-state index contributed by atoms with van der Waals surface area (Å²) in [5.74, 6) is 0.535. The van der Waals surface area contributed by atoms with Gasteiger partial charge in [-0.15, -0.1) is 0 Å². The average Bonchev–Trinajstić information content (AvgIpc) is 2.30. The van der Waals surface area contributed by atoms with Gasteiger partial charge in [0.1, 0.15) is 0 Å². The molecule has 1 aromatic rings. The molecule has 0 bridgehead atoms. The topological polar surface area (TPSA) is 61.7 Å². The van der Waals surface area contributed by atoms with Crippen molar-refractivity contribution in [2.75, 3.05) is 20.3 Å². The number of hydrogen-bond donors (Lipinski definition) is 3. The number of hydrogen-bond acceptors (Lipinski definition) is 4. The SMILES string of the molecule is CCCNC(CO)c1ccc(OC)c(O)c1. The Morgan fingerprint density at radius 3 is 2.69 bits per heavy atom. The van der Waals surface area contributed by atoms with Crippen LogP contribution in [0, 0.1) is 0 Å². The first kappa shape index (κ1) is 12.8. The van der Waals surface area contributed by atoms with Gasteiger partial charge in [-0.25, -0.2) is 0 Å². The summed E-state index contributed by atoms with van der Waals surface area (Å²) >= 11 is 0. The largest absolute Gasteiger partial charge is 0.504 e. The number of aliphatic hydroxyl groups is 1. The first-order valence-corrected chi connectivity index (χ1v) is 5.44. The molecule has 0 aliphatic carbocycles. The molecule has 0 saturated heterocycles. The summed E-state index contributed by atoms with van der Waals surface area (Å²) in [4.78, 5) is 0. The molecule has 4 nitrogen and oxygen atoms in total. The van der Waals surface area contributed by atoms with Crippen molar-refractivity contribution in [1.82, 2.24) is 5.32 Å². The number of phenols is 1. The molecular formula is C12H19NO3. The van der Waals surface area contributed by atoms with Gasteiger partial charge in [-0.3, -0.25) is 0 Å². The molecule has 0 spiro atoms. The fraction of sp³-hybridized carbons (Fsp3) is 0.500. The average molecular weight is 225 g/mol. The molecule has 0 heterocycles. The van der Waals surface area contributed by atoms with Gasteiger partial charge in [0.05, 0.1) is 19.8 Å². The summed E-state index contributed by atoms with van der Waals surface area (Å²) in [5, 5.41) is 22.1. The molecule has 1 atom stereocenters. The maximum Gasteiger partial charge on any atom is 0.160 e. The van der Waals surface area contributed by atoms with Crippen LogP contribution < -0.4 is 10.1 Å². The highest BCUT2D eigenvalue weighted by Gasteiger charge is 2.11. The highest BCUT2D eigenvalue weighted by atomic mass is 16.5. The van der Waals surface area contributed by atoms with Gasteiger partial charge in [0.2, 0.25) is 0 Å². The molecule has 1 aromatic carbocycles. The third-order valence-electron chi connectivity index (χ3n) is 2.43. The Labute approximate surface area is 95.9 Å². The zero-order valence-electron chi connectivity index (χ0n) is 9.73. The Kier molecular flexibility index (Phi) is 5.08. The van der Waals surface area contributed by atoms with Crippen LogP contribution in [0.2, 0.25) is 0 Å². The van der Waals surface area contributed by atoms with Gasteiger partial charge in [0, 0.05) is 0 Å². The number of ether oxygens (including phenoxy) is 1. The van der Waals surface area contributed by atoms with Gasteiger partial charge in [0.25, 0.3) is 0 Å². The van der Waals surface area contributed by atoms with Gasteiger partial charge < -0.3 is 20.3 Å². The lowest BCUT2D eigenvalue weighted by Gasteiger charge is -2.17. The Hall–Kier alpha value is -1.26. The van der Waals surface area contributed by atoms with E-state index in [4.69, 9.17) is 4.74 Å². The van der Waals surface area contributed by atoms with Crippen LogP contribution in [-0.2, 0) is 0 Å². The molecule has 0 aliphatic rings. The minimum absolute atomic E-state index is 0.00572. The molecule has 4 heteroatoms. The molecule has 1 rings (SSSR count). The third kappa shape index (κ3) is 3.12. The van der Waals surface area contributed by atoms with Crippen LogP contribution >= 0.6 is 0 Å². The molecule has 90 valence electrons. The summed E-state index contributed by atoms with van der Waals surface area (Å²) < 4.78 is 4.96. The number of methoxy groups -OCH3 is 1. The monoisotopic (exact) mass is 225 g/mol. The molecule has 0 aromatic heterocycles. The predicted molar refractivity (Wildman–Crippen MR) is 62.8 cm³/mol. The van der Waals surface area contributed by atoms with E-state index in [1.54, 1.807) is 12.1 Å². The Balaban J connectivity index is 2.80. The van der Waals surface area contributed by atoms with E-state index < -0.39 is 0 Å². The van der Waals surface area contributed by atoms with E-state index in [9.17, 15) is 10.2 Å². The first-order valence-electron chi connectivity index (χ1n) is 5.44. The summed E-state index contributed by atoms with van der Waals surface area (Å²) in [6.07, 6.45) is 0.999. The molecule has 0 aliphatic heterocycles. The van der Waals surface area contributed by atoms with E-state index in [-0.39, 0.29) is 18.4 Å². The Morgan fingerprint density at radius 1 is 1.44 bits per heavy atom. The maximum absolute atomic E-state index is 9.63. The predicted octanol–water partition coefficient (Wildman–Crippen LogP) is 1.43. The summed E-state index contributed by atoms with van der Waals surface area (Å²) in [7, 11) is 1.51. The van der Waals surface area contributed by atoms with Crippen molar-refractivity contribution in [2.24, 2.45) is 0 Å². The fourth-order valence-corrected chi connectivity index (χ4v) is 1.53. The molecule has 0 saturated carbocycles. The molecule has 0 fully saturated rings. The number of aromatic hydroxyl groups is 1. The van der Waals surface area contributed by atoms with Crippen molar-refractivity contribution in [2.45, 2.75) is 19.4 Å². The lowest BCUT2D eigenvalue weighted by molar-refractivity contribution is 0.244. The van der Waals surface area contributed by atoms with Crippen LogP contribution in [0.1, 0.15) is 24.9 Å². The van der Waals surface area contributed by atoms with E-state index in [1.807, 2.05) is 6.07 Å². The van der Waals surface area contributed by atoms with Crippen molar-refractivity contribution < 1.29 is 14.9 Å². The zero-order chi connectivity index (χ0) is 12.0. The Morgan fingerprint density at radius 2 is 2.19 bits per heavy atom. The van der Waals surface area contributed by atoms with E-state index in [1.165, 1.54) is 7.11 Å². The molecule has 16 heavy (non-hydrogen) atoms. The number of benzene rings is 1. The normalized spacial score (nSPS) is 12.4. The summed E-state index contributed by atoms with van der Waals surface area (Å²) in [6, 6.07) is 5.00. The Bertz CT molecular complexity index is 328. The van der Waals surface area contributed by atoms with E-state index in [0.717, 1.165) is 18.5 Å². The van der Waals surface area contributed by atoms with Gasteiger partial charge in [0.15, 0.2) is 11.5 Å². The van der Waals surface area contributed by atoms with Gasteiger partial charge >= 0.3 is 0 Å². The van der Waals surface area contributed by atoms with Crippen molar-refractivity contribution in [3.8, 4) is 11.5 Å². The van der Waals surface area contributed by atoms with E-state index in [0.29, 0.717) is 5.75 Å². The van der Waals surface area contributed by atoms with E-state index >= 15 is 0 Å². The molecular weight excluding hydrogens is 206 g/mol. The van der Waals surface area contributed by atoms with Crippen LogP contribution in [0.4, 0.5) is 0 Å². The standard InChI is InChI=1S/C12H19NO3/c1-3-6-13-10(8-14)9-4-5-12(16-2)11(15)7-9/h4-5,7,10,13-15H,3,6,8H2,1-2H3. The summed E-state index contributed by atoms with van der Waals surface area (Å²) in [6.45, 7) is 2.90. The molecule has 1 unspecified atom stereocenters. The first-order chi connectivity index (χ1) is 7.72. The summed E-state index contributed by atoms with van der Waals surface area (Å²) in [5.41, 5.74) is 0.856. The number of nitrogens with one attached hydrogen (secondary N) is 1. The lowest BCUT2D eigenvalue weighted by Crippen LogP contribution is -2.24. The smallest absolute Gasteiger partial charge is 0.160 e. The second-order valence-corrected chi connectivity index (χ2v) is 3.62. The van der Waals surface area contributed by atoms with Gasteiger partial charge in [-0.1, -0.05) is 13.0 Å². The van der Waals surface area contributed by atoms with Crippen LogP contribution in [0.25, 0.3) is 0 Å². The van der Waals surface area contributed by atoms with Crippen LogP contribution in [0.3, 0.4) is 0 Å². The fourth-order valence-electron chi connectivity index (χ4n) is 1.53.